The van der Waals surface area contributed by atoms with Gasteiger partial charge in [0.25, 0.3) is 0 Å². The molecule has 4 aromatic carbocycles. The molecule has 1 aromatic heterocycles. The maximum atomic E-state index is 4.74. The summed E-state index contributed by atoms with van der Waals surface area (Å²) in [6.45, 7) is 5.89. The normalized spacial score (nSPS) is 27.4. The van der Waals surface area contributed by atoms with Gasteiger partial charge in [0.2, 0.25) is 0 Å². The summed E-state index contributed by atoms with van der Waals surface area (Å²) < 4.78 is 2.65. The average molecular weight is 490 g/mol. The van der Waals surface area contributed by atoms with Gasteiger partial charge in [-0.1, -0.05) is 0 Å². The molecule has 37 heavy (non-hydrogen) atoms. The number of rotatable bonds is 3. The van der Waals surface area contributed by atoms with E-state index in [1.165, 1.54) is 44.1 Å². The summed E-state index contributed by atoms with van der Waals surface area (Å²) in [5.41, 5.74) is 11.9. The number of para-hydroxylation sites is 1. The van der Waals surface area contributed by atoms with E-state index in [0.717, 1.165) is 31.1 Å². The Hall–Kier alpha value is -1.92. The number of hydrogen-bond acceptors (Lipinski definition) is 1. The van der Waals surface area contributed by atoms with Crippen molar-refractivity contribution in [3.05, 3.63) is 78.9 Å². The minimum atomic E-state index is -2.06. The van der Waals surface area contributed by atoms with Gasteiger partial charge in [-0.05, 0) is 0 Å². The molecule has 7 fully saturated rings. The first-order chi connectivity index (χ1) is 18.2. The van der Waals surface area contributed by atoms with Crippen LogP contribution in [0.3, 0.4) is 0 Å². The van der Waals surface area contributed by atoms with Gasteiger partial charge in [-0.2, -0.15) is 0 Å². The second-order valence-electron chi connectivity index (χ2n) is 13.3. The molecular weight excluding hydrogens is 476 g/mol. The fourth-order valence-electron chi connectivity index (χ4n) is 10.5. The van der Waals surface area contributed by atoms with Crippen molar-refractivity contribution < 1.29 is 0 Å². The van der Waals surface area contributed by atoms with Gasteiger partial charge in [0.1, 0.15) is 0 Å². The van der Waals surface area contributed by atoms with Gasteiger partial charge in [-0.3, -0.25) is 0 Å². The second-order valence-corrected chi connectivity index (χ2v) is 23.6. The molecule has 5 radical (unpaired) electrons. The molecular formula is C24H14B9N2P2-2. The third-order valence-electron chi connectivity index (χ3n) is 12.5. The number of benzene rings is 4. The van der Waals surface area contributed by atoms with Gasteiger partial charge in [-0.15, -0.1) is 0 Å². The molecule has 0 atom stereocenters. The van der Waals surface area contributed by atoms with E-state index in [1.54, 1.807) is 16.2 Å². The summed E-state index contributed by atoms with van der Waals surface area (Å²) in [5, 5.41) is 4.62. The average Bonchev–Trinajstić information content (AvgIpc) is 3.85. The van der Waals surface area contributed by atoms with E-state index in [2.05, 4.69) is 104 Å². The van der Waals surface area contributed by atoms with Gasteiger partial charge < -0.3 is 0 Å². The molecule has 13 heteroatoms. The Bertz CT molecular complexity index is 2090. The fourth-order valence-corrected chi connectivity index (χ4v) is 30.0. The monoisotopic (exact) mass is 491 g/mol. The molecule has 9 aliphatic rings. The number of aromatic nitrogens is 1. The van der Waals surface area contributed by atoms with Gasteiger partial charge >= 0.3 is 220 Å². The van der Waals surface area contributed by atoms with Crippen LogP contribution in [-0.4, -0.2) is 63.2 Å². The summed E-state index contributed by atoms with van der Waals surface area (Å²) in [7, 11) is 2.73. The molecule has 2 nitrogen and oxygen atoms in total. The van der Waals surface area contributed by atoms with Crippen molar-refractivity contribution in [2.24, 2.45) is 0 Å². The van der Waals surface area contributed by atoms with E-state index in [-0.39, 0.29) is 0 Å². The van der Waals surface area contributed by atoms with E-state index in [1.807, 2.05) is 0 Å². The third kappa shape index (κ3) is 1.42. The predicted octanol–water partition coefficient (Wildman–Crippen LogP) is 0.949. The molecule has 0 aliphatic carbocycles. The Morgan fingerprint density at radius 3 is 2.38 bits per heavy atom. The summed E-state index contributed by atoms with van der Waals surface area (Å²) >= 11 is 0. The van der Waals surface area contributed by atoms with Crippen LogP contribution in [0.1, 0.15) is 0 Å². The van der Waals surface area contributed by atoms with Gasteiger partial charge in [0, 0.05) is 0 Å². The summed E-state index contributed by atoms with van der Waals surface area (Å²) in [6, 6.07) is 30.6. The van der Waals surface area contributed by atoms with Crippen molar-refractivity contribution in [1.29, 1.82) is 0 Å². The topological polar surface area (TPSA) is 17.0 Å². The molecule has 5 aromatic rings. The Morgan fingerprint density at radius 2 is 1.59 bits per heavy atom. The number of nitrogens with one attached hydrogen (secondary N) is 1. The van der Waals surface area contributed by atoms with E-state index in [4.69, 9.17) is 4.86 Å². The van der Waals surface area contributed by atoms with Crippen LogP contribution in [0.2, 0.25) is 0 Å². The van der Waals surface area contributed by atoms with Crippen molar-refractivity contribution >= 4 is 115 Å². The first-order valence-electron chi connectivity index (χ1n) is 13.9. The van der Waals surface area contributed by atoms with Crippen molar-refractivity contribution in [2.75, 3.05) is 0 Å². The third-order valence-corrected chi connectivity index (χ3v) is 27.0. The summed E-state index contributed by atoms with van der Waals surface area (Å²) in [5.74, 6) is 0. The van der Waals surface area contributed by atoms with Gasteiger partial charge in [0.05, 0.1) is 0 Å². The van der Waals surface area contributed by atoms with Crippen LogP contribution in [-0.2, 0) is 0 Å². The number of hydrogen-bond donors (Lipinski definition) is 1. The Labute approximate surface area is 219 Å². The van der Waals surface area contributed by atoms with Crippen molar-refractivity contribution in [1.82, 2.24) is 9.42 Å². The summed E-state index contributed by atoms with van der Waals surface area (Å²) in [6.07, 6.45) is 0.989. The van der Waals surface area contributed by atoms with Crippen molar-refractivity contribution in [3.8, 4) is 16.8 Å². The second kappa shape index (κ2) is 4.70. The number of fused-ring (bicyclic) bond motifs is 9. The molecule has 159 valence electrons. The predicted molar refractivity (Wildman–Crippen MR) is 174 cm³/mol. The van der Waals surface area contributed by atoms with Crippen molar-refractivity contribution in [3.63, 3.8) is 0 Å². The molecule has 0 unspecified atom stereocenters. The first-order valence-corrected chi connectivity index (χ1v) is 18.9. The summed E-state index contributed by atoms with van der Waals surface area (Å²) in [4.78, 5) is 4.74. The van der Waals surface area contributed by atoms with Crippen LogP contribution in [0.5, 0.6) is 0 Å². The van der Waals surface area contributed by atoms with Gasteiger partial charge in [0.15, 0.2) is 0 Å². The molecule has 1 N–H and O–H groups in total. The zero-order valence-electron chi connectivity index (χ0n) is 20.0. The van der Waals surface area contributed by atoms with Crippen molar-refractivity contribution in [2.45, 2.75) is 0 Å². The molecule has 7 saturated heterocycles. The molecule has 0 saturated carbocycles. The molecule has 10 heterocycles. The van der Waals surface area contributed by atoms with Gasteiger partial charge in [-0.25, -0.2) is 0 Å². The van der Waals surface area contributed by atoms with E-state index in [0.29, 0.717) is 6.71 Å². The first kappa shape index (κ1) is 18.4. The van der Waals surface area contributed by atoms with E-state index < -0.39 is 12.7 Å². The SMILES string of the molecule is [B]1B2B3[B-]P123NP12(c3ccc4c5ccccc5n5c4c3B3c4ccccc4-c4cccc-5c43)B3[B-]B1B32. The van der Waals surface area contributed by atoms with Crippen LogP contribution >= 0.6 is 12.7 Å². The van der Waals surface area contributed by atoms with Crippen LogP contribution in [0.25, 0.3) is 38.6 Å². The Balaban J connectivity index is 1.23. The zero-order chi connectivity index (χ0) is 23.3. The standard InChI is InChI=1S/C24H14B9N2P2/c1-3-9-18-14(6-1)16-8-5-11-20-22(16)28(18)23-21(13-12-17-15-7-2-4-10-19(15)35(20)24(17)23)36(29-25-30(36)33(29)36)34-37-26-31(37)32(37)27-37/h1-13,34H/q-2. The van der Waals surface area contributed by atoms with E-state index >= 15 is 0 Å². The molecule has 14 rings (SSSR count). The minimum absolute atomic E-state index is 0.352. The molecule has 2 bridgehead atoms. The Kier molecular flexibility index (Phi) is 2.34. The molecule has 0 amide bonds. The van der Waals surface area contributed by atoms with Crippen LogP contribution in [0.4, 0.5) is 0 Å². The fraction of sp³-hybridized carbons (Fsp3) is 0. The van der Waals surface area contributed by atoms with Crippen LogP contribution in [0.15, 0.2) is 78.9 Å². The van der Waals surface area contributed by atoms with Crippen LogP contribution in [0, 0.1) is 0 Å². The van der Waals surface area contributed by atoms with Crippen LogP contribution < -0.4 is 26.6 Å². The Morgan fingerprint density at radius 1 is 0.784 bits per heavy atom. The molecule has 1 spiro atoms. The maximum absolute atomic E-state index is 4.74. The quantitative estimate of drug-likeness (QED) is 0.289. The molecule has 9 aliphatic heterocycles. The number of nitrogens with zero attached hydrogens (tertiary/aromatic N) is 1. The van der Waals surface area contributed by atoms with E-state index in [9.17, 15) is 0 Å². The zero-order valence-corrected chi connectivity index (χ0v) is 21.8.